The molecule has 5 heteroatoms. The maximum absolute atomic E-state index is 3.47. The van der Waals surface area contributed by atoms with Gasteiger partial charge in [-0.1, -0.05) is 0 Å². The van der Waals surface area contributed by atoms with Crippen molar-refractivity contribution in [1.29, 1.82) is 0 Å². The van der Waals surface area contributed by atoms with E-state index in [1.165, 1.54) is 120 Å². The van der Waals surface area contributed by atoms with Gasteiger partial charge in [0.05, 0.1) is 0 Å². The van der Waals surface area contributed by atoms with Gasteiger partial charge in [0.1, 0.15) is 0 Å². The standard InChI is InChI=1S/C72H69Si.3ClH.Ti/c1-51-50-72(7,56(6)52(51)2)73(69-47-63(38-57-26-14-8-15-27-57)44-66(53(69)3)41-60-32-20-11-21-33-60,70-48-64(39-58-28-16-9-17-29-58)45-67(54(70)4)42-61-34-22-12-23-35-61)71-49-65(40-59-30-18-10-19-31-59)46-68(55(71)5)43-62-36-24-13-25-37-62;;;;/h8-37,44-49H,38-43H2,1-7H3;3*1H;/q;;;;+3/p-3. The molecule has 9 aromatic carbocycles. The summed E-state index contributed by atoms with van der Waals surface area (Å²) in [4.78, 5) is 0. The van der Waals surface area contributed by atoms with Crippen LogP contribution < -0.4 is 52.8 Å². The summed E-state index contributed by atoms with van der Waals surface area (Å²) in [6.45, 7) is 17.5. The van der Waals surface area contributed by atoms with E-state index in [1.807, 2.05) is 0 Å². The van der Waals surface area contributed by atoms with E-state index in [-0.39, 0.29) is 42.3 Å². The Morgan fingerprint density at radius 2 is 0.545 bits per heavy atom. The quantitative estimate of drug-likeness (QED) is 0.0760. The van der Waals surface area contributed by atoms with Gasteiger partial charge in [0, 0.05) is 0 Å². The zero-order valence-corrected chi connectivity index (χ0v) is 50.5. The first-order chi connectivity index (χ1) is 35.9. The molecule has 0 aliphatic heterocycles. The Hall–Kier alpha value is -5.74. The maximum Gasteiger partial charge on any atom is -1.00 e. The van der Waals surface area contributed by atoms with Gasteiger partial charge >= 0.3 is 459 Å². The van der Waals surface area contributed by atoms with Crippen LogP contribution >= 0.6 is 0 Å². The molecule has 386 valence electrons. The Bertz CT molecular complexity index is 3150. The smallest absolute Gasteiger partial charge is 1.00 e. The van der Waals surface area contributed by atoms with Crippen LogP contribution in [-0.4, -0.2) is 8.07 Å². The first-order valence-electron chi connectivity index (χ1n) is 26.7. The molecule has 0 saturated carbocycles. The van der Waals surface area contributed by atoms with Crippen molar-refractivity contribution in [2.75, 3.05) is 0 Å². The molecule has 1 unspecified atom stereocenters. The zero-order valence-electron chi connectivity index (χ0n) is 45.7. The van der Waals surface area contributed by atoms with Crippen LogP contribution in [0.5, 0.6) is 0 Å². The molecule has 0 radical (unpaired) electrons. The fourth-order valence-electron chi connectivity index (χ4n) is 12.6. The fourth-order valence-corrected chi connectivity index (χ4v) is 21.2. The van der Waals surface area contributed by atoms with E-state index in [0.717, 1.165) is 38.5 Å². The summed E-state index contributed by atoms with van der Waals surface area (Å²) < 4.78 is 1.51. The molecule has 0 N–H and O–H groups in total. The number of hydrogen-bond acceptors (Lipinski definition) is 0. The number of allylic oxidation sites excluding steroid dienone is 4. The van der Waals surface area contributed by atoms with Crippen molar-refractivity contribution in [2.24, 2.45) is 0 Å². The van der Waals surface area contributed by atoms with Gasteiger partial charge < -0.3 is 37.2 Å². The molecule has 0 nitrogen and oxygen atoms in total. The van der Waals surface area contributed by atoms with Crippen molar-refractivity contribution in [3.63, 3.8) is 0 Å². The first kappa shape index (κ1) is 58.9. The zero-order chi connectivity index (χ0) is 51.4. The second-order valence-electron chi connectivity index (χ2n) is 21.4. The van der Waals surface area contributed by atoms with Crippen LogP contribution in [0.15, 0.2) is 239 Å². The predicted molar refractivity (Wildman–Crippen MR) is 313 cm³/mol. The van der Waals surface area contributed by atoms with Crippen molar-refractivity contribution >= 4 is 23.6 Å². The van der Waals surface area contributed by atoms with Gasteiger partial charge in [0.15, 0.2) is 0 Å². The number of hydrogen-bond donors (Lipinski definition) is 0. The Morgan fingerprint density at radius 3 is 0.766 bits per heavy atom. The average molecular weight is 1120 g/mol. The van der Waals surface area contributed by atoms with Crippen LogP contribution in [0.2, 0.25) is 5.04 Å². The number of halogens is 3. The van der Waals surface area contributed by atoms with Crippen LogP contribution in [0.4, 0.5) is 0 Å². The monoisotopic (exact) mass is 1110 g/mol. The predicted octanol–water partition coefficient (Wildman–Crippen LogP) is 6.57. The molecule has 77 heavy (non-hydrogen) atoms. The topological polar surface area (TPSA) is 0 Å². The Morgan fingerprint density at radius 1 is 0.312 bits per heavy atom. The average Bonchev–Trinajstić information content (AvgIpc) is 3.85. The van der Waals surface area contributed by atoms with Crippen LogP contribution in [0.1, 0.15) is 111 Å². The Kier molecular flexibility index (Phi) is 19.8. The van der Waals surface area contributed by atoms with E-state index in [0.29, 0.717) is 0 Å². The van der Waals surface area contributed by atoms with E-state index in [4.69, 9.17) is 0 Å². The molecule has 0 heterocycles. The van der Waals surface area contributed by atoms with Crippen molar-refractivity contribution in [3.8, 4) is 0 Å². The first-order valence-corrected chi connectivity index (χ1v) is 29.5. The van der Waals surface area contributed by atoms with Gasteiger partial charge in [0.25, 0.3) is 0 Å². The molecule has 0 saturated heterocycles. The van der Waals surface area contributed by atoms with Gasteiger partial charge in [-0.15, -0.1) is 0 Å². The van der Waals surface area contributed by atoms with Crippen LogP contribution in [-0.2, 0) is 59.0 Å². The summed E-state index contributed by atoms with van der Waals surface area (Å²) in [7, 11) is -3.47. The minimum Gasteiger partial charge on any atom is -1.00 e. The SMILES string of the molecule is CC1=C(C)C(C)([Si](c2cc(Cc3ccccc3)cc(Cc3ccccc3)c2C)(c2cc(Cc3ccccc3)cc(Cc3ccccc3)c2C)c2cc(Cc3ccccc3)cc(Cc3ccccc3)c2C)[C]([Ti+3])=C1C.[Cl-].[Cl-].[Cl-]. The molecular weight excluding hydrogens is 1050 g/mol. The Labute approximate surface area is 491 Å². The Balaban J connectivity index is 0.00000287. The summed E-state index contributed by atoms with van der Waals surface area (Å²) in [6.07, 6.45) is 5.17. The fraction of sp³-hybridized carbons (Fsp3) is 0.194. The molecular formula is C72H69Cl3SiTi. The van der Waals surface area contributed by atoms with Crippen molar-refractivity contribution in [3.05, 3.63) is 322 Å². The van der Waals surface area contributed by atoms with Crippen molar-refractivity contribution < 1.29 is 57.7 Å². The molecule has 1 aliphatic rings. The molecule has 10 rings (SSSR count). The molecule has 1 aliphatic carbocycles. The van der Waals surface area contributed by atoms with Crippen molar-refractivity contribution in [1.82, 2.24) is 0 Å². The number of rotatable bonds is 16. The van der Waals surface area contributed by atoms with Gasteiger partial charge in [-0.2, -0.15) is 0 Å². The third-order valence-electron chi connectivity index (χ3n) is 16.9. The second kappa shape index (κ2) is 25.8. The maximum atomic E-state index is 2.73. The third-order valence-corrected chi connectivity index (χ3v) is 24.8. The summed E-state index contributed by atoms with van der Waals surface area (Å²) in [6, 6.07) is 83.0. The van der Waals surface area contributed by atoms with Crippen LogP contribution in [0.25, 0.3) is 0 Å². The van der Waals surface area contributed by atoms with E-state index < -0.39 is 8.07 Å². The summed E-state index contributed by atoms with van der Waals surface area (Å²) in [5.74, 6) is 0. The van der Waals surface area contributed by atoms with E-state index in [9.17, 15) is 0 Å². The largest absolute Gasteiger partial charge is 1.00 e. The van der Waals surface area contributed by atoms with Crippen LogP contribution in [0.3, 0.4) is 0 Å². The van der Waals surface area contributed by atoms with Gasteiger partial charge in [0.2, 0.25) is 0 Å². The molecule has 0 fully saturated rings. The van der Waals surface area contributed by atoms with E-state index in [2.05, 4.69) is 287 Å². The molecule has 9 aromatic rings. The summed E-state index contributed by atoms with van der Waals surface area (Å²) in [5, 5.41) is 4.26. The van der Waals surface area contributed by atoms with Gasteiger partial charge in [-0.05, 0) is 0 Å². The van der Waals surface area contributed by atoms with E-state index >= 15 is 0 Å². The van der Waals surface area contributed by atoms with Crippen LogP contribution in [0, 0.1) is 20.8 Å². The third kappa shape index (κ3) is 12.0. The minimum absolute atomic E-state index is 0. The van der Waals surface area contributed by atoms with Crippen molar-refractivity contribution in [2.45, 2.75) is 92.0 Å². The normalized spacial score (nSPS) is 14.2. The van der Waals surface area contributed by atoms with Gasteiger partial charge in [-0.3, -0.25) is 0 Å². The molecule has 0 amide bonds. The van der Waals surface area contributed by atoms with Gasteiger partial charge in [-0.25, -0.2) is 0 Å². The minimum atomic E-state index is -3.47. The molecule has 1 atom stereocenters. The molecule has 0 spiro atoms. The summed E-state index contributed by atoms with van der Waals surface area (Å²) in [5.41, 5.74) is 25.1. The summed E-state index contributed by atoms with van der Waals surface area (Å²) >= 11 is 2.51. The number of benzene rings is 9. The molecule has 0 aromatic heterocycles. The van der Waals surface area contributed by atoms with E-state index in [1.54, 1.807) is 0 Å². The second-order valence-corrected chi connectivity index (χ2v) is 26.3. The molecule has 0 bridgehead atoms.